The second-order valence-electron chi connectivity index (χ2n) is 5.33. The van der Waals surface area contributed by atoms with Gasteiger partial charge in [-0.15, -0.1) is 0 Å². The van der Waals surface area contributed by atoms with Gasteiger partial charge in [0.05, 0.1) is 21.9 Å². The molecule has 6 heteroatoms. The van der Waals surface area contributed by atoms with Gasteiger partial charge in [0.1, 0.15) is 11.6 Å². The highest BCUT2D eigenvalue weighted by molar-refractivity contribution is 8.04. The predicted molar refractivity (Wildman–Crippen MR) is 88.1 cm³/mol. The van der Waals surface area contributed by atoms with Gasteiger partial charge in [0, 0.05) is 11.5 Å². The molecule has 0 saturated carbocycles. The number of nitrogens with two attached hydrogens (primary N) is 1. The van der Waals surface area contributed by atoms with E-state index < -0.39 is 22.8 Å². The van der Waals surface area contributed by atoms with Crippen LogP contribution in [0.4, 0.5) is 8.78 Å². The third kappa shape index (κ3) is 2.91. The van der Waals surface area contributed by atoms with Crippen LogP contribution in [0.2, 0.25) is 0 Å². The molecule has 24 heavy (non-hydrogen) atoms. The highest BCUT2D eigenvalue weighted by Crippen LogP contribution is 2.46. The lowest BCUT2D eigenvalue weighted by Gasteiger charge is -2.19. The molecule has 0 fully saturated rings. The molecule has 3 rings (SSSR count). The molecule has 0 bridgehead atoms. The van der Waals surface area contributed by atoms with Crippen LogP contribution in [0.3, 0.4) is 0 Å². The molecule has 3 nitrogen and oxygen atoms in total. The van der Waals surface area contributed by atoms with Gasteiger partial charge in [-0.1, -0.05) is 23.9 Å². The Balaban J connectivity index is 2.00. The van der Waals surface area contributed by atoms with Gasteiger partial charge in [0.25, 0.3) is 0 Å². The van der Waals surface area contributed by atoms with Crippen LogP contribution in [0.15, 0.2) is 59.1 Å². The molecule has 0 aromatic heterocycles. The summed E-state index contributed by atoms with van der Waals surface area (Å²) in [4.78, 5) is 12.8. The average Bonchev–Trinajstić information content (AvgIpc) is 2.92. The summed E-state index contributed by atoms with van der Waals surface area (Å²) in [5, 5.41) is 9.03. The molecule has 2 aromatic rings. The van der Waals surface area contributed by atoms with Gasteiger partial charge in [-0.05, 0) is 42.0 Å². The Morgan fingerprint density at radius 3 is 2.12 bits per heavy atom. The van der Waals surface area contributed by atoms with Crippen molar-refractivity contribution in [3.05, 3.63) is 81.9 Å². The fraction of sp³-hybridized carbons (Fsp3) is 0.111. The monoisotopic (exact) mass is 342 g/mol. The highest BCUT2D eigenvalue weighted by atomic mass is 32.2. The van der Waals surface area contributed by atoms with Crippen LogP contribution in [0.1, 0.15) is 21.8 Å². The molecule has 2 N–H and O–H groups in total. The maximum Gasteiger partial charge on any atom is 0.177 e. The van der Waals surface area contributed by atoms with E-state index in [0.29, 0.717) is 16.7 Å². The minimum absolute atomic E-state index is 0.248. The first kappa shape index (κ1) is 16.2. The van der Waals surface area contributed by atoms with Gasteiger partial charge in [-0.3, -0.25) is 4.79 Å². The molecule has 0 amide bonds. The van der Waals surface area contributed by atoms with Crippen molar-refractivity contribution in [2.45, 2.75) is 11.2 Å². The lowest BCUT2D eigenvalue weighted by atomic mass is 9.86. The molecular formula is C18H12F2N2OS. The number of nitriles is 1. The van der Waals surface area contributed by atoms with Crippen LogP contribution in [0.25, 0.3) is 0 Å². The van der Waals surface area contributed by atoms with E-state index in [1.807, 2.05) is 0 Å². The van der Waals surface area contributed by atoms with Gasteiger partial charge in [-0.2, -0.15) is 5.26 Å². The smallest absolute Gasteiger partial charge is 0.177 e. The zero-order valence-electron chi connectivity index (χ0n) is 12.4. The van der Waals surface area contributed by atoms with E-state index in [4.69, 9.17) is 5.73 Å². The molecule has 0 spiro atoms. The summed E-state index contributed by atoms with van der Waals surface area (Å²) in [5.41, 5.74) is 7.19. The average molecular weight is 342 g/mol. The topological polar surface area (TPSA) is 66.9 Å². The zero-order valence-corrected chi connectivity index (χ0v) is 13.2. The third-order valence-electron chi connectivity index (χ3n) is 3.87. The van der Waals surface area contributed by atoms with Crippen molar-refractivity contribution in [2.24, 2.45) is 5.73 Å². The van der Waals surface area contributed by atoms with Gasteiger partial charge in [0.15, 0.2) is 5.78 Å². The SMILES string of the molecule is N#CC1=C(N)SC(C(=O)c2ccc(F)cc2)C1c1ccc(F)cc1. The summed E-state index contributed by atoms with van der Waals surface area (Å²) in [6.45, 7) is 0. The maximum absolute atomic E-state index is 13.2. The number of rotatable bonds is 3. The Morgan fingerprint density at radius 2 is 1.58 bits per heavy atom. The van der Waals surface area contributed by atoms with E-state index in [1.54, 1.807) is 12.1 Å². The second kappa shape index (κ2) is 6.46. The van der Waals surface area contributed by atoms with Crippen molar-refractivity contribution in [3.63, 3.8) is 0 Å². The first-order chi connectivity index (χ1) is 11.5. The van der Waals surface area contributed by atoms with Crippen molar-refractivity contribution < 1.29 is 13.6 Å². The van der Waals surface area contributed by atoms with Crippen molar-refractivity contribution in [3.8, 4) is 6.07 Å². The van der Waals surface area contributed by atoms with E-state index in [0.717, 1.165) is 11.8 Å². The fourth-order valence-corrected chi connectivity index (χ4v) is 3.94. The van der Waals surface area contributed by atoms with Crippen LogP contribution < -0.4 is 5.73 Å². The number of nitrogens with zero attached hydrogens (tertiary/aromatic N) is 1. The Labute approximate surface area is 141 Å². The van der Waals surface area contributed by atoms with Gasteiger partial charge in [0.2, 0.25) is 0 Å². The third-order valence-corrected chi connectivity index (χ3v) is 5.08. The van der Waals surface area contributed by atoms with E-state index in [2.05, 4.69) is 6.07 Å². The van der Waals surface area contributed by atoms with Crippen molar-refractivity contribution >= 4 is 17.5 Å². The lowest BCUT2D eigenvalue weighted by Crippen LogP contribution is -2.23. The molecule has 0 radical (unpaired) electrons. The number of Topliss-reactive ketones (excluding diaryl/α,β-unsaturated/α-hetero) is 1. The number of hydrogen-bond donors (Lipinski definition) is 1. The summed E-state index contributed by atoms with van der Waals surface area (Å²) < 4.78 is 26.2. The maximum atomic E-state index is 13.2. The minimum atomic E-state index is -0.643. The molecule has 1 heterocycles. The van der Waals surface area contributed by atoms with Crippen molar-refractivity contribution in [2.75, 3.05) is 0 Å². The van der Waals surface area contributed by atoms with Gasteiger partial charge in [-0.25, -0.2) is 8.78 Å². The quantitative estimate of drug-likeness (QED) is 0.863. The minimum Gasteiger partial charge on any atom is -0.393 e. The first-order valence-corrected chi connectivity index (χ1v) is 8.01. The standard InChI is InChI=1S/C18H12F2N2OS/c19-12-5-1-10(2-6-12)15-14(9-21)18(22)24-17(15)16(23)11-3-7-13(20)8-4-11/h1-8,15,17H,22H2. The fourth-order valence-electron chi connectivity index (χ4n) is 2.69. The Morgan fingerprint density at radius 1 is 1.04 bits per heavy atom. The van der Waals surface area contributed by atoms with Crippen LogP contribution in [-0.2, 0) is 0 Å². The molecule has 0 aliphatic carbocycles. The molecule has 1 aliphatic rings. The molecule has 2 atom stereocenters. The first-order valence-electron chi connectivity index (χ1n) is 7.13. The van der Waals surface area contributed by atoms with Gasteiger partial charge < -0.3 is 5.73 Å². The molecule has 2 aromatic carbocycles. The van der Waals surface area contributed by atoms with E-state index in [-0.39, 0.29) is 10.8 Å². The number of carbonyl (C=O) groups excluding carboxylic acids is 1. The normalized spacial score (nSPS) is 20.0. The van der Waals surface area contributed by atoms with Gasteiger partial charge >= 0.3 is 0 Å². The Hall–Kier alpha value is -2.65. The molecule has 2 unspecified atom stereocenters. The Kier molecular flexibility index (Phi) is 4.36. The number of allylic oxidation sites excluding steroid dienone is 1. The number of halogens is 2. The Bertz CT molecular complexity index is 854. The summed E-state index contributed by atoms with van der Waals surface area (Å²) in [5.74, 6) is -1.64. The van der Waals surface area contributed by atoms with Crippen LogP contribution in [0.5, 0.6) is 0 Å². The number of hydrogen-bond acceptors (Lipinski definition) is 4. The van der Waals surface area contributed by atoms with Crippen LogP contribution in [0, 0.1) is 23.0 Å². The zero-order chi connectivity index (χ0) is 17.3. The van der Waals surface area contributed by atoms with E-state index in [9.17, 15) is 18.8 Å². The summed E-state index contributed by atoms with van der Waals surface area (Å²) in [6, 6.07) is 12.9. The summed E-state index contributed by atoms with van der Waals surface area (Å²) in [7, 11) is 0. The molecule has 0 saturated heterocycles. The van der Waals surface area contributed by atoms with Crippen LogP contribution in [-0.4, -0.2) is 11.0 Å². The number of thioether (sulfide) groups is 1. The van der Waals surface area contributed by atoms with Crippen molar-refractivity contribution in [1.82, 2.24) is 0 Å². The molecule has 1 aliphatic heterocycles. The van der Waals surface area contributed by atoms with E-state index >= 15 is 0 Å². The van der Waals surface area contributed by atoms with Crippen molar-refractivity contribution in [1.29, 1.82) is 5.26 Å². The lowest BCUT2D eigenvalue weighted by molar-refractivity contribution is 0.0985. The second-order valence-corrected chi connectivity index (χ2v) is 6.51. The largest absolute Gasteiger partial charge is 0.393 e. The molecule has 120 valence electrons. The number of ketones is 1. The summed E-state index contributed by atoms with van der Waals surface area (Å²) in [6.07, 6.45) is 0. The number of carbonyl (C=O) groups is 1. The molecular weight excluding hydrogens is 330 g/mol. The predicted octanol–water partition coefficient (Wildman–Crippen LogP) is 3.74. The van der Waals surface area contributed by atoms with E-state index in [1.165, 1.54) is 36.4 Å². The highest BCUT2D eigenvalue weighted by Gasteiger charge is 2.40. The number of benzene rings is 2. The van der Waals surface area contributed by atoms with Crippen LogP contribution >= 0.6 is 11.8 Å². The summed E-state index contributed by atoms with van der Waals surface area (Å²) >= 11 is 1.11.